The maximum atomic E-state index is 12.0. The van der Waals surface area contributed by atoms with Crippen LogP contribution >= 0.6 is 0 Å². The SMILES string of the molecule is CC(=O)c1c(C)nn(CC(=O)NCC(O)Cc2ccccc2)c1C. The van der Waals surface area contributed by atoms with Crippen molar-refractivity contribution in [1.82, 2.24) is 15.1 Å². The fourth-order valence-corrected chi connectivity index (χ4v) is 2.74. The summed E-state index contributed by atoms with van der Waals surface area (Å²) in [6.07, 6.45) is -0.167. The third-order valence-corrected chi connectivity index (χ3v) is 3.88. The number of ketones is 1. The van der Waals surface area contributed by atoms with E-state index in [0.29, 0.717) is 23.4 Å². The van der Waals surface area contributed by atoms with Gasteiger partial charge in [0.1, 0.15) is 6.54 Å². The normalized spacial score (nSPS) is 12.0. The van der Waals surface area contributed by atoms with Crippen LogP contribution in [0.25, 0.3) is 0 Å². The fourth-order valence-electron chi connectivity index (χ4n) is 2.74. The summed E-state index contributed by atoms with van der Waals surface area (Å²) < 4.78 is 1.52. The first-order valence-electron chi connectivity index (χ1n) is 7.92. The number of aliphatic hydroxyl groups excluding tert-OH is 1. The highest BCUT2D eigenvalue weighted by molar-refractivity contribution is 5.96. The molecule has 0 saturated carbocycles. The summed E-state index contributed by atoms with van der Waals surface area (Å²) in [5.41, 5.74) is 2.88. The van der Waals surface area contributed by atoms with Crippen molar-refractivity contribution < 1.29 is 14.7 Å². The molecule has 0 bridgehead atoms. The van der Waals surface area contributed by atoms with E-state index in [2.05, 4.69) is 10.4 Å². The van der Waals surface area contributed by atoms with Gasteiger partial charge in [-0.15, -0.1) is 0 Å². The summed E-state index contributed by atoms with van der Waals surface area (Å²) >= 11 is 0. The number of hydrogen-bond acceptors (Lipinski definition) is 4. The molecule has 24 heavy (non-hydrogen) atoms. The topological polar surface area (TPSA) is 84.2 Å². The average molecular weight is 329 g/mol. The van der Waals surface area contributed by atoms with E-state index in [9.17, 15) is 14.7 Å². The lowest BCUT2D eigenvalue weighted by atomic mass is 10.1. The van der Waals surface area contributed by atoms with E-state index >= 15 is 0 Å². The van der Waals surface area contributed by atoms with E-state index in [4.69, 9.17) is 0 Å². The van der Waals surface area contributed by atoms with Crippen LogP contribution in [0, 0.1) is 13.8 Å². The molecule has 0 saturated heterocycles. The Morgan fingerprint density at radius 1 is 1.25 bits per heavy atom. The molecule has 0 spiro atoms. The molecule has 128 valence electrons. The molecule has 0 fully saturated rings. The molecular formula is C18H23N3O3. The fraction of sp³-hybridized carbons (Fsp3) is 0.389. The lowest BCUT2D eigenvalue weighted by Crippen LogP contribution is -2.35. The van der Waals surface area contributed by atoms with Gasteiger partial charge in [0.2, 0.25) is 5.91 Å². The maximum absolute atomic E-state index is 12.0. The Hall–Kier alpha value is -2.47. The maximum Gasteiger partial charge on any atom is 0.241 e. The second kappa shape index (κ2) is 7.88. The van der Waals surface area contributed by atoms with Crippen LogP contribution in [0.1, 0.15) is 34.2 Å². The molecule has 6 nitrogen and oxygen atoms in total. The van der Waals surface area contributed by atoms with Gasteiger partial charge in [0.25, 0.3) is 0 Å². The van der Waals surface area contributed by atoms with Crippen LogP contribution in [0.2, 0.25) is 0 Å². The van der Waals surface area contributed by atoms with Crippen LogP contribution in [-0.2, 0) is 17.8 Å². The molecular weight excluding hydrogens is 306 g/mol. The van der Waals surface area contributed by atoms with Crippen LogP contribution in [0.15, 0.2) is 30.3 Å². The molecule has 0 aliphatic rings. The number of benzene rings is 1. The van der Waals surface area contributed by atoms with E-state index in [1.54, 1.807) is 13.8 Å². The largest absolute Gasteiger partial charge is 0.391 e. The zero-order valence-electron chi connectivity index (χ0n) is 14.2. The highest BCUT2D eigenvalue weighted by Gasteiger charge is 2.17. The molecule has 1 aromatic carbocycles. The third-order valence-electron chi connectivity index (χ3n) is 3.88. The molecule has 0 radical (unpaired) electrons. The molecule has 6 heteroatoms. The Labute approximate surface area is 141 Å². The van der Waals surface area contributed by atoms with E-state index in [1.807, 2.05) is 30.3 Å². The van der Waals surface area contributed by atoms with E-state index in [1.165, 1.54) is 11.6 Å². The van der Waals surface area contributed by atoms with Crippen molar-refractivity contribution in [2.45, 2.75) is 39.8 Å². The average Bonchev–Trinajstić information content (AvgIpc) is 2.80. The van der Waals surface area contributed by atoms with Crippen molar-refractivity contribution in [2.24, 2.45) is 0 Å². The molecule has 0 aliphatic heterocycles. The van der Waals surface area contributed by atoms with E-state index < -0.39 is 6.10 Å². The van der Waals surface area contributed by atoms with Crippen molar-refractivity contribution in [3.8, 4) is 0 Å². The smallest absolute Gasteiger partial charge is 0.241 e. The molecule has 1 unspecified atom stereocenters. The molecule has 1 atom stereocenters. The molecule has 2 rings (SSSR count). The summed E-state index contributed by atoms with van der Waals surface area (Å²) in [5, 5.41) is 17.0. The Kier molecular flexibility index (Phi) is 5.87. The highest BCUT2D eigenvalue weighted by atomic mass is 16.3. The monoisotopic (exact) mass is 329 g/mol. The Morgan fingerprint density at radius 3 is 2.50 bits per heavy atom. The first-order valence-corrected chi connectivity index (χ1v) is 7.92. The van der Waals surface area contributed by atoms with Crippen LogP contribution in [0.5, 0.6) is 0 Å². The van der Waals surface area contributed by atoms with Crippen molar-refractivity contribution in [2.75, 3.05) is 6.54 Å². The van der Waals surface area contributed by atoms with Crippen molar-refractivity contribution in [1.29, 1.82) is 0 Å². The van der Waals surface area contributed by atoms with Gasteiger partial charge in [-0.2, -0.15) is 5.10 Å². The number of carbonyl (C=O) groups is 2. The quantitative estimate of drug-likeness (QED) is 0.753. The van der Waals surface area contributed by atoms with Gasteiger partial charge in [0.15, 0.2) is 5.78 Å². The molecule has 2 aromatic rings. The summed E-state index contributed by atoms with van der Waals surface area (Å²) in [5.74, 6) is -0.308. The Balaban J connectivity index is 1.87. The summed E-state index contributed by atoms with van der Waals surface area (Å²) in [6, 6.07) is 9.61. The molecule has 0 aliphatic carbocycles. The first-order chi connectivity index (χ1) is 11.4. The minimum Gasteiger partial charge on any atom is -0.391 e. The van der Waals surface area contributed by atoms with Crippen molar-refractivity contribution >= 4 is 11.7 Å². The summed E-state index contributed by atoms with van der Waals surface area (Å²) in [4.78, 5) is 23.6. The second-order valence-corrected chi connectivity index (χ2v) is 5.91. The highest BCUT2D eigenvalue weighted by Crippen LogP contribution is 2.13. The lowest BCUT2D eigenvalue weighted by Gasteiger charge is -2.12. The van der Waals surface area contributed by atoms with Crippen molar-refractivity contribution in [3.05, 3.63) is 52.8 Å². The molecule has 1 aromatic heterocycles. The number of aliphatic hydroxyl groups is 1. The van der Waals surface area contributed by atoms with Crippen LogP contribution in [-0.4, -0.2) is 39.2 Å². The van der Waals surface area contributed by atoms with Gasteiger partial charge in [0.05, 0.1) is 17.4 Å². The number of rotatable bonds is 7. The number of amides is 1. The van der Waals surface area contributed by atoms with Gasteiger partial charge in [-0.25, -0.2) is 0 Å². The van der Waals surface area contributed by atoms with Crippen molar-refractivity contribution in [3.63, 3.8) is 0 Å². The zero-order valence-corrected chi connectivity index (χ0v) is 14.2. The predicted octanol–water partition coefficient (Wildman–Crippen LogP) is 1.42. The lowest BCUT2D eigenvalue weighted by molar-refractivity contribution is -0.122. The summed E-state index contributed by atoms with van der Waals surface area (Å²) in [6.45, 7) is 5.21. The molecule has 2 N–H and O–H groups in total. The molecule has 1 amide bonds. The minimum atomic E-state index is -0.649. The zero-order chi connectivity index (χ0) is 17.7. The third kappa shape index (κ3) is 4.52. The van der Waals surface area contributed by atoms with Gasteiger partial charge in [-0.1, -0.05) is 30.3 Å². The van der Waals surface area contributed by atoms with Gasteiger partial charge >= 0.3 is 0 Å². The number of nitrogens with zero attached hydrogens (tertiary/aromatic N) is 2. The first kappa shape index (κ1) is 17.9. The Bertz CT molecular complexity index is 723. The van der Waals surface area contributed by atoms with Gasteiger partial charge in [-0.05, 0) is 26.3 Å². The van der Waals surface area contributed by atoms with E-state index in [0.717, 1.165) is 5.56 Å². The number of hydrogen-bond donors (Lipinski definition) is 2. The number of Topliss-reactive ketones (excluding diaryl/α,β-unsaturated/α-hetero) is 1. The van der Waals surface area contributed by atoms with Gasteiger partial charge in [-0.3, -0.25) is 14.3 Å². The van der Waals surface area contributed by atoms with Crippen LogP contribution < -0.4 is 5.32 Å². The Morgan fingerprint density at radius 2 is 1.92 bits per heavy atom. The van der Waals surface area contributed by atoms with Gasteiger partial charge in [0, 0.05) is 18.7 Å². The number of carbonyl (C=O) groups excluding carboxylic acids is 2. The predicted molar refractivity (Wildman–Crippen MR) is 90.9 cm³/mol. The van der Waals surface area contributed by atoms with Crippen LogP contribution in [0.3, 0.4) is 0 Å². The minimum absolute atomic E-state index is 0.0258. The summed E-state index contributed by atoms with van der Waals surface area (Å²) in [7, 11) is 0. The van der Waals surface area contributed by atoms with Gasteiger partial charge < -0.3 is 10.4 Å². The number of nitrogens with one attached hydrogen (secondary N) is 1. The molecule has 1 heterocycles. The number of aromatic nitrogens is 2. The van der Waals surface area contributed by atoms with Crippen LogP contribution in [0.4, 0.5) is 0 Å². The standard InChI is InChI=1S/C18H23N3O3/c1-12-18(14(3)22)13(2)21(20-12)11-17(24)19-10-16(23)9-15-7-5-4-6-8-15/h4-8,16,23H,9-11H2,1-3H3,(H,19,24). The number of aryl methyl sites for hydroxylation is 1. The second-order valence-electron chi connectivity index (χ2n) is 5.91. The van der Waals surface area contributed by atoms with E-state index in [-0.39, 0.29) is 24.8 Å².